The Morgan fingerprint density at radius 1 is 1.69 bits per heavy atom. The Balaban J connectivity index is 2.06. The number of methoxy groups -OCH3 is 1. The molecule has 0 amide bonds. The molecule has 3 heteroatoms. The number of ether oxygens (including phenoxy) is 1. The smallest absolute Gasteiger partial charge is 0.0854 e. The lowest BCUT2D eigenvalue weighted by Gasteiger charge is -2.26. The molecule has 0 radical (unpaired) electrons. The second kappa shape index (κ2) is 3.78. The molecule has 1 N–H and O–H groups in total. The van der Waals surface area contributed by atoms with E-state index in [0.717, 1.165) is 25.9 Å². The first-order valence-corrected chi connectivity index (χ1v) is 5.56. The van der Waals surface area contributed by atoms with E-state index in [0.29, 0.717) is 0 Å². The molecule has 2 rings (SSSR count). The molecule has 1 aliphatic heterocycles. The van der Waals surface area contributed by atoms with E-state index in [4.69, 9.17) is 4.74 Å². The standard InChI is InChI=1S/C10H15NOS/c1-12-10(3-4-11-8-10)6-9-2-5-13-7-9/h2,5,7,11H,3-4,6,8H2,1H3. The highest BCUT2D eigenvalue weighted by molar-refractivity contribution is 7.07. The van der Waals surface area contributed by atoms with Crippen molar-refractivity contribution in [2.24, 2.45) is 0 Å². The Morgan fingerprint density at radius 2 is 2.62 bits per heavy atom. The third-order valence-corrected chi connectivity index (χ3v) is 3.48. The molecule has 1 fully saturated rings. The Hall–Kier alpha value is -0.380. The van der Waals surface area contributed by atoms with Crippen LogP contribution in [0, 0.1) is 0 Å². The zero-order valence-corrected chi connectivity index (χ0v) is 8.69. The van der Waals surface area contributed by atoms with Gasteiger partial charge in [0.25, 0.3) is 0 Å². The normalized spacial score (nSPS) is 28.1. The summed E-state index contributed by atoms with van der Waals surface area (Å²) in [5.74, 6) is 0. The van der Waals surface area contributed by atoms with Crippen molar-refractivity contribution in [1.29, 1.82) is 0 Å². The summed E-state index contributed by atoms with van der Waals surface area (Å²) in [5, 5.41) is 7.69. The van der Waals surface area contributed by atoms with Gasteiger partial charge in [-0.15, -0.1) is 0 Å². The fraction of sp³-hybridized carbons (Fsp3) is 0.600. The quantitative estimate of drug-likeness (QED) is 0.796. The monoisotopic (exact) mass is 197 g/mol. The van der Waals surface area contributed by atoms with Gasteiger partial charge in [-0.1, -0.05) is 0 Å². The summed E-state index contributed by atoms with van der Waals surface area (Å²) in [6.45, 7) is 2.07. The average Bonchev–Trinajstić information content (AvgIpc) is 2.77. The zero-order valence-electron chi connectivity index (χ0n) is 7.88. The van der Waals surface area contributed by atoms with Crippen LogP contribution in [0.15, 0.2) is 16.8 Å². The summed E-state index contributed by atoms with van der Waals surface area (Å²) < 4.78 is 5.61. The van der Waals surface area contributed by atoms with E-state index < -0.39 is 0 Å². The van der Waals surface area contributed by atoms with Gasteiger partial charge in [0.05, 0.1) is 5.60 Å². The molecular formula is C10H15NOS. The Bertz CT molecular complexity index is 252. The van der Waals surface area contributed by atoms with Gasteiger partial charge in [0.1, 0.15) is 0 Å². The summed E-state index contributed by atoms with van der Waals surface area (Å²) in [4.78, 5) is 0. The summed E-state index contributed by atoms with van der Waals surface area (Å²) in [5.41, 5.74) is 1.46. The molecule has 0 bridgehead atoms. The molecule has 2 nitrogen and oxygen atoms in total. The highest BCUT2D eigenvalue weighted by atomic mass is 32.1. The number of rotatable bonds is 3. The molecule has 1 aromatic rings. The fourth-order valence-corrected chi connectivity index (χ4v) is 2.55. The van der Waals surface area contributed by atoms with Gasteiger partial charge < -0.3 is 10.1 Å². The molecule has 0 spiro atoms. The summed E-state index contributed by atoms with van der Waals surface area (Å²) in [6, 6.07) is 2.18. The molecule has 1 saturated heterocycles. The third kappa shape index (κ3) is 1.93. The van der Waals surface area contributed by atoms with Crippen LogP contribution in [0.5, 0.6) is 0 Å². The maximum absolute atomic E-state index is 5.61. The number of thiophene rings is 1. The van der Waals surface area contributed by atoms with Crippen LogP contribution in [0.1, 0.15) is 12.0 Å². The van der Waals surface area contributed by atoms with Gasteiger partial charge in [0, 0.05) is 20.1 Å². The predicted molar refractivity (Wildman–Crippen MR) is 55.2 cm³/mol. The van der Waals surface area contributed by atoms with Crippen LogP contribution < -0.4 is 5.32 Å². The van der Waals surface area contributed by atoms with Gasteiger partial charge in [-0.3, -0.25) is 0 Å². The van der Waals surface area contributed by atoms with Crippen molar-refractivity contribution in [3.8, 4) is 0 Å². The first kappa shape index (κ1) is 9.19. The highest BCUT2D eigenvalue weighted by Crippen LogP contribution is 2.24. The Kier molecular flexibility index (Phi) is 2.67. The van der Waals surface area contributed by atoms with Gasteiger partial charge in [0.15, 0.2) is 0 Å². The van der Waals surface area contributed by atoms with Crippen molar-refractivity contribution < 1.29 is 4.74 Å². The first-order valence-electron chi connectivity index (χ1n) is 4.62. The minimum Gasteiger partial charge on any atom is -0.377 e. The maximum atomic E-state index is 5.61. The maximum Gasteiger partial charge on any atom is 0.0854 e. The molecule has 0 saturated carbocycles. The minimum absolute atomic E-state index is 0.0566. The number of hydrogen-bond donors (Lipinski definition) is 1. The third-order valence-electron chi connectivity index (χ3n) is 2.74. The van der Waals surface area contributed by atoms with Crippen molar-refractivity contribution in [2.45, 2.75) is 18.4 Å². The van der Waals surface area contributed by atoms with Crippen LogP contribution in [0.4, 0.5) is 0 Å². The molecule has 2 heterocycles. The van der Waals surface area contributed by atoms with Crippen LogP contribution in [0.2, 0.25) is 0 Å². The van der Waals surface area contributed by atoms with E-state index in [1.54, 1.807) is 11.3 Å². The highest BCUT2D eigenvalue weighted by Gasteiger charge is 2.33. The molecule has 13 heavy (non-hydrogen) atoms. The molecule has 0 aromatic carbocycles. The van der Waals surface area contributed by atoms with Crippen molar-refractivity contribution in [2.75, 3.05) is 20.2 Å². The molecule has 72 valence electrons. The molecule has 1 atom stereocenters. The topological polar surface area (TPSA) is 21.3 Å². The second-order valence-corrected chi connectivity index (χ2v) is 4.40. The van der Waals surface area contributed by atoms with Gasteiger partial charge >= 0.3 is 0 Å². The first-order chi connectivity index (χ1) is 6.35. The molecule has 1 aromatic heterocycles. The largest absolute Gasteiger partial charge is 0.377 e. The minimum atomic E-state index is 0.0566. The zero-order chi connectivity index (χ0) is 9.15. The van der Waals surface area contributed by atoms with E-state index >= 15 is 0 Å². The van der Waals surface area contributed by atoms with Gasteiger partial charge in [-0.05, 0) is 35.4 Å². The van der Waals surface area contributed by atoms with Crippen molar-refractivity contribution >= 4 is 11.3 Å². The van der Waals surface area contributed by atoms with Crippen LogP contribution in [-0.2, 0) is 11.2 Å². The van der Waals surface area contributed by atoms with Crippen LogP contribution in [-0.4, -0.2) is 25.8 Å². The Labute approximate surface area is 82.9 Å². The van der Waals surface area contributed by atoms with Gasteiger partial charge in [-0.25, -0.2) is 0 Å². The second-order valence-electron chi connectivity index (χ2n) is 3.62. The average molecular weight is 197 g/mol. The van der Waals surface area contributed by atoms with Gasteiger partial charge in [-0.2, -0.15) is 11.3 Å². The lowest BCUT2D eigenvalue weighted by Crippen LogP contribution is -2.36. The van der Waals surface area contributed by atoms with Crippen molar-refractivity contribution in [3.63, 3.8) is 0 Å². The van der Waals surface area contributed by atoms with Crippen LogP contribution >= 0.6 is 11.3 Å². The summed E-state index contributed by atoms with van der Waals surface area (Å²) in [7, 11) is 1.82. The number of hydrogen-bond acceptors (Lipinski definition) is 3. The lowest BCUT2D eigenvalue weighted by atomic mass is 9.95. The molecule has 0 aliphatic carbocycles. The van der Waals surface area contributed by atoms with Crippen molar-refractivity contribution in [1.82, 2.24) is 5.32 Å². The van der Waals surface area contributed by atoms with E-state index in [-0.39, 0.29) is 5.60 Å². The lowest BCUT2D eigenvalue weighted by molar-refractivity contribution is 0.00783. The molecule has 1 aliphatic rings. The SMILES string of the molecule is COC1(Cc2ccsc2)CCNC1. The predicted octanol–water partition coefficient (Wildman–Crippen LogP) is 1.67. The van der Waals surface area contributed by atoms with Crippen molar-refractivity contribution in [3.05, 3.63) is 22.4 Å². The number of nitrogens with one attached hydrogen (secondary N) is 1. The Morgan fingerprint density at radius 3 is 3.15 bits per heavy atom. The fourth-order valence-electron chi connectivity index (χ4n) is 1.88. The van der Waals surface area contributed by atoms with Crippen LogP contribution in [0.25, 0.3) is 0 Å². The molecular weight excluding hydrogens is 182 g/mol. The van der Waals surface area contributed by atoms with E-state index in [1.165, 1.54) is 5.56 Å². The van der Waals surface area contributed by atoms with E-state index in [9.17, 15) is 0 Å². The van der Waals surface area contributed by atoms with E-state index in [1.807, 2.05) is 7.11 Å². The summed E-state index contributed by atoms with van der Waals surface area (Å²) >= 11 is 1.76. The summed E-state index contributed by atoms with van der Waals surface area (Å²) in [6.07, 6.45) is 2.17. The van der Waals surface area contributed by atoms with E-state index in [2.05, 4.69) is 22.1 Å². The van der Waals surface area contributed by atoms with Crippen LogP contribution in [0.3, 0.4) is 0 Å². The van der Waals surface area contributed by atoms with Gasteiger partial charge in [0.2, 0.25) is 0 Å². The molecule has 1 unspecified atom stereocenters.